The lowest BCUT2D eigenvalue weighted by Crippen LogP contribution is -2.35. The summed E-state index contributed by atoms with van der Waals surface area (Å²) < 4.78 is 6.20. The Hall–Kier alpha value is -1.25. The Kier molecular flexibility index (Phi) is 4.10. The van der Waals surface area contributed by atoms with Gasteiger partial charge < -0.3 is 19.8 Å². The van der Waals surface area contributed by atoms with E-state index in [0.717, 1.165) is 10.0 Å². The molecule has 21 heavy (non-hydrogen) atoms. The number of hydrogen-bond acceptors (Lipinski definition) is 6. The largest absolute Gasteiger partial charge is 0.395 e. The molecular weight excluding hydrogens is 340 g/mol. The number of nitrogens with zero attached hydrogens (tertiary/aromatic N) is 1. The van der Waals surface area contributed by atoms with E-state index in [2.05, 4.69) is 26.4 Å². The van der Waals surface area contributed by atoms with Crippen LogP contribution in [-0.4, -0.2) is 45.3 Å². The third kappa shape index (κ3) is 2.63. The second-order valence-corrected chi connectivity index (χ2v) is 5.86. The van der Waals surface area contributed by atoms with Crippen LogP contribution in [0.1, 0.15) is 11.7 Å². The molecular formula is C14H15BrN2O4. The van der Waals surface area contributed by atoms with E-state index in [0.29, 0.717) is 11.5 Å². The number of aromatic nitrogens is 1. The third-order valence-corrected chi connectivity index (χ3v) is 4.37. The van der Waals surface area contributed by atoms with Crippen molar-refractivity contribution in [1.29, 1.82) is 0 Å². The zero-order chi connectivity index (χ0) is 15.0. The minimum atomic E-state index is -1.04. The maximum atomic E-state index is 10.0. The normalized spacial score (nSPS) is 29.0. The van der Waals surface area contributed by atoms with E-state index in [1.54, 1.807) is 6.07 Å². The smallest absolute Gasteiger partial charge is 0.168 e. The fourth-order valence-electron chi connectivity index (χ4n) is 2.51. The molecule has 7 heteroatoms. The van der Waals surface area contributed by atoms with E-state index >= 15 is 0 Å². The van der Waals surface area contributed by atoms with Crippen molar-refractivity contribution in [2.75, 3.05) is 6.61 Å². The van der Waals surface area contributed by atoms with Crippen LogP contribution in [0.3, 0.4) is 0 Å². The highest BCUT2D eigenvalue weighted by atomic mass is 79.9. The van der Waals surface area contributed by atoms with Crippen LogP contribution in [-0.2, 0) is 0 Å². The molecule has 0 unspecified atom stereocenters. The molecule has 0 spiro atoms. The lowest BCUT2D eigenvalue weighted by Gasteiger charge is -2.12. The van der Waals surface area contributed by atoms with Gasteiger partial charge in [0.15, 0.2) is 5.76 Å². The van der Waals surface area contributed by atoms with Crippen LogP contribution < -0.4 is 5.32 Å². The van der Waals surface area contributed by atoms with Crippen LogP contribution in [0.2, 0.25) is 0 Å². The van der Waals surface area contributed by atoms with Gasteiger partial charge in [-0.2, -0.15) is 0 Å². The van der Waals surface area contributed by atoms with Gasteiger partial charge in [-0.1, -0.05) is 33.2 Å². The van der Waals surface area contributed by atoms with Crippen molar-refractivity contribution < 1.29 is 19.8 Å². The van der Waals surface area contributed by atoms with Crippen molar-refractivity contribution in [2.24, 2.45) is 0 Å². The van der Waals surface area contributed by atoms with Crippen molar-refractivity contribution in [2.45, 2.75) is 24.3 Å². The molecule has 1 aromatic heterocycles. The van der Waals surface area contributed by atoms with Gasteiger partial charge in [0.05, 0.1) is 24.8 Å². The minimum Gasteiger partial charge on any atom is -0.395 e. The molecule has 1 fully saturated rings. The maximum Gasteiger partial charge on any atom is 0.168 e. The number of rotatable bonds is 3. The third-order valence-electron chi connectivity index (χ3n) is 3.68. The molecule has 1 saturated heterocycles. The van der Waals surface area contributed by atoms with E-state index in [1.807, 2.05) is 24.3 Å². The molecule has 0 bridgehead atoms. The predicted molar refractivity (Wildman–Crippen MR) is 78.4 cm³/mol. The maximum absolute atomic E-state index is 10.0. The standard InChI is InChI=1S/C14H15BrN2O4/c15-8-4-2-1-3-7(8)11-5-9(17-21-11)12-14(20)13(19)10(6-18)16-12/h1-5,10,12-14,16,18-20H,6H2/t10-,12-,13-,14-/m1/s1. The summed E-state index contributed by atoms with van der Waals surface area (Å²) in [6, 6.07) is 8.13. The van der Waals surface area contributed by atoms with Gasteiger partial charge in [-0.15, -0.1) is 0 Å². The number of halogens is 1. The average molecular weight is 355 g/mol. The monoisotopic (exact) mass is 354 g/mol. The first-order valence-corrected chi connectivity index (χ1v) is 7.35. The molecule has 2 heterocycles. The Morgan fingerprint density at radius 1 is 1.24 bits per heavy atom. The Morgan fingerprint density at radius 2 is 2.00 bits per heavy atom. The predicted octanol–water partition coefficient (Wildman–Crippen LogP) is 0.831. The molecule has 6 nitrogen and oxygen atoms in total. The molecule has 112 valence electrons. The first-order chi connectivity index (χ1) is 10.1. The Morgan fingerprint density at radius 3 is 2.67 bits per heavy atom. The van der Waals surface area contributed by atoms with Crippen molar-refractivity contribution in [1.82, 2.24) is 10.5 Å². The van der Waals surface area contributed by atoms with Gasteiger partial charge in [0.25, 0.3) is 0 Å². The van der Waals surface area contributed by atoms with Crippen LogP contribution in [0.4, 0.5) is 0 Å². The van der Waals surface area contributed by atoms with Gasteiger partial charge >= 0.3 is 0 Å². The highest BCUT2D eigenvalue weighted by Gasteiger charge is 2.42. The van der Waals surface area contributed by atoms with Gasteiger partial charge in [-0.25, -0.2) is 0 Å². The van der Waals surface area contributed by atoms with Crippen LogP contribution >= 0.6 is 15.9 Å². The van der Waals surface area contributed by atoms with Crippen molar-refractivity contribution in [3.63, 3.8) is 0 Å². The Bertz CT molecular complexity index is 633. The molecule has 1 aliphatic rings. The molecule has 3 rings (SSSR count). The van der Waals surface area contributed by atoms with Gasteiger partial charge in [-0.05, 0) is 12.1 Å². The minimum absolute atomic E-state index is 0.260. The van der Waals surface area contributed by atoms with Crippen LogP contribution in [0.5, 0.6) is 0 Å². The van der Waals surface area contributed by atoms with E-state index in [-0.39, 0.29) is 6.61 Å². The Labute approximate surface area is 129 Å². The second-order valence-electron chi connectivity index (χ2n) is 5.01. The quantitative estimate of drug-likeness (QED) is 0.651. The van der Waals surface area contributed by atoms with Gasteiger partial charge in [0.2, 0.25) is 0 Å². The van der Waals surface area contributed by atoms with Crippen molar-refractivity contribution in [3.8, 4) is 11.3 Å². The molecule has 4 N–H and O–H groups in total. The summed E-state index contributed by atoms with van der Waals surface area (Å²) in [6.07, 6.45) is -2.08. The SMILES string of the molecule is OC[C@H]1N[C@H](c2cc(-c3ccccc3Br)on2)[C@@H](O)[C@@H]1O. The fourth-order valence-corrected chi connectivity index (χ4v) is 2.99. The average Bonchev–Trinajstić information content (AvgIpc) is 3.06. The summed E-state index contributed by atoms with van der Waals surface area (Å²) in [6.45, 7) is -0.260. The summed E-state index contributed by atoms with van der Waals surface area (Å²) >= 11 is 3.44. The first kappa shape index (κ1) is 14.7. The summed E-state index contributed by atoms with van der Waals surface area (Å²) in [5.41, 5.74) is 1.34. The molecule has 2 aromatic rings. The van der Waals surface area contributed by atoms with Crippen LogP contribution in [0.25, 0.3) is 11.3 Å². The van der Waals surface area contributed by atoms with E-state index in [4.69, 9.17) is 9.63 Å². The van der Waals surface area contributed by atoms with Crippen molar-refractivity contribution >= 4 is 15.9 Å². The summed E-state index contributed by atoms with van der Waals surface area (Å²) in [7, 11) is 0. The lowest BCUT2D eigenvalue weighted by atomic mass is 10.0. The summed E-state index contributed by atoms with van der Waals surface area (Å²) in [4.78, 5) is 0. The molecule has 0 aliphatic carbocycles. The first-order valence-electron chi connectivity index (χ1n) is 6.56. The highest BCUT2D eigenvalue weighted by molar-refractivity contribution is 9.10. The van der Waals surface area contributed by atoms with Gasteiger partial charge in [0.1, 0.15) is 11.8 Å². The van der Waals surface area contributed by atoms with Gasteiger partial charge in [-0.3, -0.25) is 5.32 Å². The number of benzene rings is 1. The van der Waals surface area contributed by atoms with Gasteiger partial charge in [0, 0.05) is 16.1 Å². The topological polar surface area (TPSA) is 98.8 Å². The highest BCUT2D eigenvalue weighted by Crippen LogP contribution is 2.32. The second kappa shape index (κ2) is 5.86. The molecule has 1 aromatic carbocycles. The summed E-state index contributed by atoms with van der Waals surface area (Å²) in [5.74, 6) is 0.563. The molecule has 4 atom stereocenters. The number of aliphatic hydroxyl groups excluding tert-OH is 3. The lowest BCUT2D eigenvalue weighted by molar-refractivity contribution is 0.0187. The number of nitrogens with one attached hydrogen (secondary N) is 1. The molecule has 0 radical (unpaired) electrons. The van der Waals surface area contributed by atoms with E-state index < -0.39 is 24.3 Å². The van der Waals surface area contributed by atoms with Crippen LogP contribution in [0, 0.1) is 0 Å². The number of aliphatic hydroxyl groups is 3. The zero-order valence-corrected chi connectivity index (χ0v) is 12.6. The molecule has 0 saturated carbocycles. The molecule has 1 aliphatic heterocycles. The zero-order valence-electron chi connectivity index (χ0n) is 11.0. The van der Waals surface area contributed by atoms with E-state index in [1.165, 1.54) is 0 Å². The fraction of sp³-hybridized carbons (Fsp3) is 0.357. The molecule has 0 amide bonds. The number of hydrogen-bond donors (Lipinski definition) is 4. The van der Waals surface area contributed by atoms with Crippen molar-refractivity contribution in [3.05, 3.63) is 40.5 Å². The summed E-state index contributed by atoms with van der Waals surface area (Å²) in [5, 5.41) is 35.9. The van der Waals surface area contributed by atoms with E-state index in [9.17, 15) is 10.2 Å². The van der Waals surface area contributed by atoms with Crippen LogP contribution in [0.15, 0.2) is 39.3 Å². The Balaban J connectivity index is 1.88.